The average Bonchev–Trinajstić information content (AvgIpc) is 2.85. The van der Waals surface area contributed by atoms with Crippen LogP contribution in [0.25, 0.3) is 0 Å². The van der Waals surface area contributed by atoms with E-state index < -0.39 is 15.8 Å². The minimum Gasteiger partial charge on any atom is -0.326 e. The molecule has 0 fully saturated rings. The number of hydrogen-bond acceptors (Lipinski definition) is 4. The third-order valence-corrected chi connectivity index (χ3v) is 4.24. The Morgan fingerprint density at radius 3 is 2.80 bits per heavy atom. The van der Waals surface area contributed by atoms with Crippen molar-refractivity contribution in [2.24, 2.45) is 5.73 Å². The van der Waals surface area contributed by atoms with E-state index in [2.05, 4.69) is 9.82 Å². The van der Waals surface area contributed by atoms with Gasteiger partial charge in [-0.3, -0.25) is 9.40 Å². The molecule has 1 aromatic carbocycles. The average molecular weight is 298 g/mol. The van der Waals surface area contributed by atoms with Gasteiger partial charge < -0.3 is 5.73 Å². The third kappa shape index (κ3) is 2.81. The summed E-state index contributed by atoms with van der Waals surface area (Å²) in [6, 6.07) is 3.83. The van der Waals surface area contributed by atoms with Crippen molar-refractivity contribution in [1.29, 1.82) is 0 Å². The van der Waals surface area contributed by atoms with Crippen LogP contribution < -0.4 is 10.5 Å². The Morgan fingerprint density at radius 1 is 1.45 bits per heavy atom. The molecule has 2 rings (SSSR count). The van der Waals surface area contributed by atoms with E-state index in [1.807, 2.05) is 6.92 Å². The number of halogens is 1. The number of nitrogens with zero attached hydrogens (tertiary/aromatic N) is 2. The lowest BCUT2D eigenvalue weighted by atomic mass is 10.2. The normalized spacial score (nSPS) is 11.6. The molecule has 1 aromatic heterocycles. The fraction of sp³-hybridized carbons (Fsp3) is 0.250. The topological polar surface area (TPSA) is 90.0 Å². The molecule has 20 heavy (non-hydrogen) atoms. The fourth-order valence-electron chi connectivity index (χ4n) is 1.79. The summed E-state index contributed by atoms with van der Waals surface area (Å²) < 4.78 is 42.0. The van der Waals surface area contributed by atoms with E-state index in [1.54, 1.807) is 10.9 Å². The number of aromatic nitrogens is 2. The summed E-state index contributed by atoms with van der Waals surface area (Å²) in [4.78, 5) is -0.163. The van der Waals surface area contributed by atoms with E-state index >= 15 is 0 Å². The van der Waals surface area contributed by atoms with E-state index in [-0.39, 0.29) is 17.0 Å². The van der Waals surface area contributed by atoms with Crippen LogP contribution in [0.4, 0.5) is 10.1 Å². The van der Waals surface area contributed by atoms with Crippen molar-refractivity contribution in [2.75, 3.05) is 4.72 Å². The molecule has 6 nitrogen and oxygen atoms in total. The van der Waals surface area contributed by atoms with Gasteiger partial charge in [0.15, 0.2) is 0 Å². The first-order chi connectivity index (χ1) is 9.47. The summed E-state index contributed by atoms with van der Waals surface area (Å²) >= 11 is 0. The molecule has 8 heteroatoms. The molecule has 0 radical (unpaired) electrons. The molecule has 0 saturated heterocycles. The summed E-state index contributed by atoms with van der Waals surface area (Å²) in [5, 5.41) is 3.96. The maximum absolute atomic E-state index is 13.6. The summed E-state index contributed by atoms with van der Waals surface area (Å²) in [6.45, 7) is 2.30. The maximum atomic E-state index is 13.6. The van der Waals surface area contributed by atoms with Gasteiger partial charge in [-0.25, -0.2) is 12.8 Å². The second-order valence-electron chi connectivity index (χ2n) is 4.11. The van der Waals surface area contributed by atoms with Crippen molar-refractivity contribution < 1.29 is 12.8 Å². The lowest BCUT2D eigenvalue weighted by molar-refractivity contribution is 0.585. The zero-order valence-corrected chi connectivity index (χ0v) is 11.7. The van der Waals surface area contributed by atoms with E-state index in [1.165, 1.54) is 24.4 Å². The highest BCUT2D eigenvalue weighted by molar-refractivity contribution is 7.92. The molecule has 108 valence electrons. The van der Waals surface area contributed by atoms with Gasteiger partial charge in [0, 0.05) is 24.8 Å². The van der Waals surface area contributed by atoms with E-state index in [0.717, 1.165) is 0 Å². The molecular formula is C12H15FN4O2S. The Hall–Kier alpha value is -1.93. The van der Waals surface area contributed by atoms with Crippen LogP contribution in [-0.4, -0.2) is 18.2 Å². The minimum absolute atomic E-state index is 0.0390. The fourth-order valence-corrected chi connectivity index (χ4v) is 3.08. The molecule has 0 aliphatic rings. The van der Waals surface area contributed by atoms with Crippen LogP contribution in [0.2, 0.25) is 0 Å². The van der Waals surface area contributed by atoms with Crippen molar-refractivity contribution in [3.05, 3.63) is 42.0 Å². The largest absolute Gasteiger partial charge is 0.326 e. The molecule has 0 bridgehead atoms. The van der Waals surface area contributed by atoms with Gasteiger partial charge in [0.2, 0.25) is 0 Å². The highest BCUT2D eigenvalue weighted by atomic mass is 32.2. The van der Waals surface area contributed by atoms with Crippen molar-refractivity contribution in [1.82, 2.24) is 9.78 Å². The van der Waals surface area contributed by atoms with Crippen molar-refractivity contribution in [2.45, 2.75) is 24.9 Å². The second kappa shape index (κ2) is 5.59. The number of nitrogens with two attached hydrogens (primary N) is 1. The second-order valence-corrected chi connectivity index (χ2v) is 5.76. The standard InChI is InChI=1S/C12H15FN4O2S/c1-2-17-8-9(7-15-17)16-20(18,19)12-5-3-4-11(13)10(12)6-14/h3-5,7-8,16H,2,6,14H2,1H3. The number of rotatable bonds is 5. The number of nitrogens with one attached hydrogen (secondary N) is 1. The van der Waals surface area contributed by atoms with Gasteiger partial charge in [-0.2, -0.15) is 5.10 Å². The Labute approximate surface area is 116 Å². The van der Waals surface area contributed by atoms with Gasteiger partial charge in [0.05, 0.1) is 16.8 Å². The van der Waals surface area contributed by atoms with Gasteiger partial charge >= 0.3 is 0 Å². The first kappa shape index (κ1) is 14.5. The summed E-state index contributed by atoms with van der Waals surface area (Å²) in [7, 11) is -3.90. The molecule has 0 amide bonds. The van der Waals surface area contributed by atoms with Crippen LogP contribution in [0.5, 0.6) is 0 Å². The van der Waals surface area contributed by atoms with Crippen LogP contribution >= 0.6 is 0 Å². The number of benzene rings is 1. The molecule has 3 N–H and O–H groups in total. The van der Waals surface area contributed by atoms with Crippen LogP contribution in [-0.2, 0) is 23.1 Å². The molecular weight excluding hydrogens is 283 g/mol. The molecule has 0 unspecified atom stereocenters. The van der Waals surface area contributed by atoms with Gasteiger partial charge in [-0.1, -0.05) is 6.07 Å². The van der Waals surface area contributed by atoms with Crippen molar-refractivity contribution in [3.8, 4) is 0 Å². The quantitative estimate of drug-likeness (QED) is 0.870. The van der Waals surface area contributed by atoms with Crippen molar-refractivity contribution in [3.63, 3.8) is 0 Å². The predicted octanol–water partition coefficient (Wildman–Crippen LogP) is 1.30. The van der Waals surface area contributed by atoms with Crippen molar-refractivity contribution >= 4 is 15.7 Å². The summed E-state index contributed by atoms with van der Waals surface area (Å²) in [5.74, 6) is -0.639. The molecule has 0 spiro atoms. The minimum atomic E-state index is -3.90. The molecule has 0 atom stereocenters. The molecule has 0 aliphatic heterocycles. The lowest BCUT2D eigenvalue weighted by Gasteiger charge is -2.10. The Balaban J connectivity index is 2.38. The van der Waals surface area contributed by atoms with Crippen LogP contribution in [0, 0.1) is 5.82 Å². The number of anilines is 1. The Morgan fingerprint density at radius 2 is 2.20 bits per heavy atom. The highest BCUT2D eigenvalue weighted by Crippen LogP contribution is 2.21. The lowest BCUT2D eigenvalue weighted by Crippen LogP contribution is -2.17. The summed E-state index contributed by atoms with van der Waals surface area (Å²) in [6.07, 6.45) is 2.95. The number of aryl methyl sites for hydroxylation is 1. The van der Waals surface area contributed by atoms with E-state index in [0.29, 0.717) is 12.2 Å². The predicted molar refractivity (Wildman–Crippen MR) is 73.0 cm³/mol. The first-order valence-corrected chi connectivity index (χ1v) is 7.49. The third-order valence-electron chi connectivity index (χ3n) is 2.78. The number of sulfonamides is 1. The van der Waals surface area contributed by atoms with Gasteiger partial charge in [-0.15, -0.1) is 0 Å². The monoisotopic (exact) mass is 298 g/mol. The van der Waals surface area contributed by atoms with Crippen LogP contribution in [0.1, 0.15) is 12.5 Å². The Kier molecular flexibility index (Phi) is 4.05. The summed E-state index contributed by atoms with van der Waals surface area (Å²) in [5.41, 5.74) is 5.70. The first-order valence-electron chi connectivity index (χ1n) is 6.00. The molecule has 2 aromatic rings. The van der Waals surface area contributed by atoms with Gasteiger partial charge in [0.25, 0.3) is 10.0 Å². The Bertz CT molecular complexity index is 712. The smallest absolute Gasteiger partial charge is 0.262 e. The zero-order valence-electron chi connectivity index (χ0n) is 10.9. The van der Waals surface area contributed by atoms with Crippen LogP contribution in [0.15, 0.2) is 35.5 Å². The van der Waals surface area contributed by atoms with Crippen LogP contribution in [0.3, 0.4) is 0 Å². The molecule has 0 aliphatic carbocycles. The van der Waals surface area contributed by atoms with Gasteiger partial charge in [-0.05, 0) is 19.1 Å². The van der Waals surface area contributed by atoms with Gasteiger partial charge in [0.1, 0.15) is 5.82 Å². The molecule has 1 heterocycles. The maximum Gasteiger partial charge on any atom is 0.262 e. The highest BCUT2D eigenvalue weighted by Gasteiger charge is 2.20. The number of hydrogen-bond donors (Lipinski definition) is 2. The van der Waals surface area contributed by atoms with E-state index in [4.69, 9.17) is 5.73 Å². The zero-order chi connectivity index (χ0) is 14.8. The SMILES string of the molecule is CCn1cc(NS(=O)(=O)c2cccc(F)c2CN)cn1. The van der Waals surface area contributed by atoms with E-state index in [9.17, 15) is 12.8 Å². The molecule has 0 saturated carbocycles.